The van der Waals surface area contributed by atoms with Crippen LogP contribution in [0.3, 0.4) is 0 Å². The number of aromatic nitrogens is 1. The predicted molar refractivity (Wildman–Crippen MR) is 81.9 cm³/mol. The van der Waals surface area contributed by atoms with E-state index in [4.69, 9.17) is 0 Å². The van der Waals surface area contributed by atoms with Gasteiger partial charge in [-0.1, -0.05) is 25.7 Å². The van der Waals surface area contributed by atoms with Crippen LogP contribution in [0.25, 0.3) is 0 Å². The smallest absolute Gasteiger partial charge is 0.185 e. The standard InChI is InChI=1S/C15H25N3S/c1-18(13-6-4-2-3-5-7-13)15-17-11-14(19-15)10-16-12-8-9-12/h11-13,16H,2-10H2,1H3. The van der Waals surface area contributed by atoms with E-state index < -0.39 is 0 Å². The van der Waals surface area contributed by atoms with Crippen molar-refractivity contribution in [3.05, 3.63) is 11.1 Å². The van der Waals surface area contributed by atoms with Crippen molar-refractivity contribution in [2.45, 2.75) is 70.0 Å². The van der Waals surface area contributed by atoms with E-state index in [1.807, 2.05) is 11.3 Å². The summed E-state index contributed by atoms with van der Waals surface area (Å²) in [4.78, 5) is 8.43. The molecule has 0 aliphatic heterocycles. The van der Waals surface area contributed by atoms with Gasteiger partial charge < -0.3 is 10.2 Å². The van der Waals surface area contributed by atoms with Crippen LogP contribution in [0.5, 0.6) is 0 Å². The SMILES string of the molecule is CN(c1ncc(CNC2CC2)s1)C1CCCCCC1. The van der Waals surface area contributed by atoms with Crippen LogP contribution in [0.1, 0.15) is 56.2 Å². The normalized spacial score (nSPS) is 21.3. The number of hydrogen-bond acceptors (Lipinski definition) is 4. The molecule has 0 aromatic carbocycles. The van der Waals surface area contributed by atoms with E-state index in [-0.39, 0.29) is 0 Å². The fourth-order valence-corrected chi connectivity index (χ4v) is 3.77. The molecule has 1 aromatic heterocycles. The van der Waals surface area contributed by atoms with E-state index in [1.165, 1.54) is 61.4 Å². The third-order valence-electron chi connectivity index (χ3n) is 4.36. The van der Waals surface area contributed by atoms with Crippen LogP contribution >= 0.6 is 11.3 Å². The third kappa shape index (κ3) is 3.69. The summed E-state index contributed by atoms with van der Waals surface area (Å²) < 4.78 is 0. The molecule has 3 rings (SSSR count). The quantitative estimate of drug-likeness (QED) is 0.835. The lowest BCUT2D eigenvalue weighted by Gasteiger charge is -2.26. The second-order valence-electron chi connectivity index (χ2n) is 6.02. The lowest BCUT2D eigenvalue weighted by molar-refractivity contribution is 0.552. The van der Waals surface area contributed by atoms with Crippen molar-refractivity contribution in [3.63, 3.8) is 0 Å². The number of nitrogens with zero attached hydrogens (tertiary/aromatic N) is 2. The number of thiazole rings is 1. The number of nitrogens with one attached hydrogen (secondary N) is 1. The van der Waals surface area contributed by atoms with Crippen LogP contribution in [0, 0.1) is 0 Å². The molecule has 2 fully saturated rings. The van der Waals surface area contributed by atoms with E-state index in [0.717, 1.165) is 12.6 Å². The molecule has 1 heterocycles. The van der Waals surface area contributed by atoms with E-state index in [0.29, 0.717) is 6.04 Å². The molecule has 1 N–H and O–H groups in total. The van der Waals surface area contributed by atoms with Crippen molar-refractivity contribution in [2.75, 3.05) is 11.9 Å². The van der Waals surface area contributed by atoms with Crippen molar-refractivity contribution >= 4 is 16.5 Å². The Hall–Kier alpha value is -0.610. The molecule has 4 heteroatoms. The second-order valence-corrected chi connectivity index (χ2v) is 7.11. The van der Waals surface area contributed by atoms with Crippen molar-refractivity contribution in [2.24, 2.45) is 0 Å². The second kappa shape index (κ2) is 6.23. The molecule has 0 saturated heterocycles. The highest BCUT2D eigenvalue weighted by Crippen LogP contribution is 2.29. The summed E-state index contributed by atoms with van der Waals surface area (Å²) in [5, 5.41) is 4.77. The number of hydrogen-bond donors (Lipinski definition) is 1. The molecule has 0 radical (unpaired) electrons. The first-order valence-corrected chi connectivity index (χ1v) is 8.55. The van der Waals surface area contributed by atoms with Gasteiger partial charge in [0.15, 0.2) is 5.13 Å². The molecule has 0 unspecified atom stereocenters. The Bertz CT molecular complexity index is 392. The van der Waals surface area contributed by atoms with Crippen molar-refractivity contribution in [1.29, 1.82) is 0 Å². The summed E-state index contributed by atoms with van der Waals surface area (Å²) in [6.45, 7) is 1.00. The summed E-state index contributed by atoms with van der Waals surface area (Å²) in [6.07, 6.45) is 13.0. The van der Waals surface area contributed by atoms with E-state index in [2.05, 4.69) is 28.4 Å². The monoisotopic (exact) mass is 279 g/mol. The van der Waals surface area contributed by atoms with Gasteiger partial charge in [0, 0.05) is 36.8 Å². The van der Waals surface area contributed by atoms with Gasteiger partial charge in [0.05, 0.1) is 0 Å². The third-order valence-corrected chi connectivity index (χ3v) is 5.45. The molecule has 19 heavy (non-hydrogen) atoms. The molecule has 2 aliphatic carbocycles. The highest BCUT2D eigenvalue weighted by molar-refractivity contribution is 7.15. The summed E-state index contributed by atoms with van der Waals surface area (Å²) in [5.74, 6) is 0. The highest BCUT2D eigenvalue weighted by Gasteiger charge is 2.22. The van der Waals surface area contributed by atoms with Gasteiger partial charge in [-0.3, -0.25) is 0 Å². The predicted octanol–water partition coefficient (Wildman–Crippen LogP) is 3.55. The van der Waals surface area contributed by atoms with Crippen molar-refractivity contribution < 1.29 is 0 Å². The Kier molecular flexibility index (Phi) is 4.38. The zero-order chi connectivity index (χ0) is 13.1. The molecule has 2 saturated carbocycles. The van der Waals surface area contributed by atoms with E-state index in [9.17, 15) is 0 Å². The lowest BCUT2D eigenvalue weighted by atomic mass is 10.1. The first-order valence-electron chi connectivity index (χ1n) is 7.74. The number of rotatable bonds is 5. The molecule has 106 valence electrons. The zero-order valence-electron chi connectivity index (χ0n) is 11.9. The molecule has 3 nitrogen and oxygen atoms in total. The maximum Gasteiger partial charge on any atom is 0.185 e. The minimum absolute atomic E-state index is 0.706. The van der Waals surface area contributed by atoms with Gasteiger partial charge in [-0.05, 0) is 25.7 Å². The van der Waals surface area contributed by atoms with Crippen LogP contribution in [-0.2, 0) is 6.54 Å². The highest BCUT2D eigenvalue weighted by atomic mass is 32.1. The van der Waals surface area contributed by atoms with Crippen LogP contribution in [0.4, 0.5) is 5.13 Å². The van der Waals surface area contributed by atoms with Gasteiger partial charge in [0.2, 0.25) is 0 Å². The molecule has 0 bridgehead atoms. The molecule has 0 spiro atoms. The average molecular weight is 279 g/mol. The summed E-state index contributed by atoms with van der Waals surface area (Å²) in [6, 6.07) is 1.49. The van der Waals surface area contributed by atoms with Gasteiger partial charge in [-0.15, -0.1) is 11.3 Å². The topological polar surface area (TPSA) is 28.2 Å². The molecule has 0 atom stereocenters. The Balaban J connectivity index is 1.56. The van der Waals surface area contributed by atoms with Crippen LogP contribution in [-0.4, -0.2) is 24.1 Å². The van der Waals surface area contributed by atoms with Crippen LogP contribution < -0.4 is 10.2 Å². The van der Waals surface area contributed by atoms with Crippen molar-refractivity contribution in [3.8, 4) is 0 Å². The largest absolute Gasteiger partial charge is 0.348 e. The minimum atomic E-state index is 0.706. The zero-order valence-corrected chi connectivity index (χ0v) is 12.7. The molecule has 0 amide bonds. The molecular formula is C15H25N3S. The van der Waals surface area contributed by atoms with E-state index in [1.54, 1.807) is 0 Å². The van der Waals surface area contributed by atoms with Crippen LogP contribution in [0.2, 0.25) is 0 Å². The molecule has 2 aliphatic rings. The lowest BCUT2D eigenvalue weighted by Crippen LogP contribution is -2.30. The van der Waals surface area contributed by atoms with Crippen LogP contribution in [0.15, 0.2) is 6.20 Å². The first kappa shape index (κ1) is 13.4. The maximum absolute atomic E-state index is 4.62. The van der Waals surface area contributed by atoms with E-state index >= 15 is 0 Å². The minimum Gasteiger partial charge on any atom is -0.348 e. The fraction of sp³-hybridized carbons (Fsp3) is 0.800. The molecular weight excluding hydrogens is 254 g/mol. The Morgan fingerprint density at radius 1 is 1.21 bits per heavy atom. The van der Waals surface area contributed by atoms with Gasteiger partial charge in [-0.25, -0.2) is 4.98 Å². The number of anilines is 1. The van der Waals surface area contributed by atoms with Crippen molar-refractivity contribution in [1.82, 2.24) is 10.3 Å². The average Bonchev–Trinajstić information content (AvgIpc) is 3.19. The Morgan fingerprint density at radius 2 is 1.95 bits per heavy atom. The Morgan fingerprint density at radius 3 is 2.63 bits per heavy atom. The summed E-state index contributed by atoms with van der Waals surface area (Å²) in [5.41, 5.74) is 0. The van der Waals surface area contributed by atoms with Gasteiger partial charge in [-0.2, -0.15) is 0 Å². The maximum atomic E-state index is 4.62. The van der Waals surface area contributed by atoms with Gasteiger partial charge in [0.25, 0.3) is 0 Å². The summed E-state index contributed by atoms with van der Waals surface area (Å²) >= 11 is 1.86. The first-order chi connectivity index (χ1) is 9.33. The molecule has 1 aromatic rings. The van der Waals surface area contributed by atoms with Gasteiger partial charge >= 0.3 is 0 Å². The fourth-order valence-electron chi connectivity index (χ4n) is 2.88. The Labute approximate surface area is 120 Å². The summed E-state index contributed by atoms with van der Waals surface area (Å²) in [7, 11) is 2.23. The van der Waals surface area contributed by atoms with Gasteiger partial charge in [0.1, 0.15) is 0 Å².